The van der Waals surface area contributed by atoms with Gasteiger partial charge in [-0.1, -0.05) is 0 Å². The van der Waals surface area contributed by atoms with Crippen molar-refractivity contribution in [3.8, 4) is 0 Å². The maximum atomic E-state index is 10.7. The number of aliphatic hydroxyl groups is 1. The van der Waals surface area contributed by atoms with Crippen LogP contribution >= 0.6 is 0 Å². The van der Waals surface area contributed by atoms with Crippen LogP contribution in [0.4, 0.5) is 0 Å². The highest BCUT2D eigenvalue weighted by molar-refractivity contribution is 5.87. The third kappa shape index (κ3) is 3.25. The van der Waals surface area contributed by atoms with Crippen molar-refractivity contribution in [1.29, 1.82) is 0 Å². The van der Waals surface area contributed by atoms with Crippen LogP contribution in [0.15, 0.2) is 18.3 Å². The second-order valence-electron chi connectivity index (χ2n) is 4.35. The average molecular weight is 236 g/mol. The number of aliphatic hydroxyl groups excluding tert-OH is 1. The molecule has 0 spiro atoms. The number of pyridine rings is 1. The number of nitrogens with zero attached hydrogens (tertiary/aromatic N) is 2. The zero-order valence-electron chi connectivity index (χ0n) is 9.54. The van der Waals surface area contributed by atoms with Gasteiger partial charge < -0.3 is 10.2 Å². The molecule has 0 unspecified atom stereocenters. The molecule has 1 aromatic heterocycles. The Labute approximate surface area is 99.7 Å². The van der Waals surface area contributed by atoms with E-state index < -0.39 is 5.97 Å². The first-order valence-corrected chi connectivity index (χ1v) is 5.74. The molecule has 1 aliphatic heterocycles. The first-order chi connectivity index (χ1) is 8.15. The second kappa shape index (κ2) is 5.25. The Morgan fingerprint density at radius 1 is 1.41 bits per heavy atom. The van der Waals surface area contributed by atoms with Gasteiger partial charge in [-0.25, -0.2) is 4.79 Å². The molecule has 1 aliphatic rings. The topological polar surface area (TPSA) is 73.7 Å². The van der Waals surface area contributed by atoms with Crippen molar-refractivity contribution < 1.29 is 15.0 Å². The summed E-state index contributed by atoms with van der Waals surface area (Å²) in [6.45, 7) is 2.44. The molecule has 5 heteroatoms. The smallest absolute Gasteiger partial charge is 0.337 e. The number of carboxylic acid groups (broad SMARTS) is 1. The van der Waals surface area contributed by atoms with Crippen molar-refractivity contribution in [3.63, 3.8) is 0 Å². The molecule has 92 valence electrons. The lowest BCUT2D eigenvalue weighted by molar-refractivity contribution is 0.0695. The Morgan fingerprint density at radius 3 is 2.65 bits per heavy atom. The highest BCUT2D eigenvalue weighted by atomic mass is 16.4. The molecule has 0 aromatic carbocycles. The van der Waals surface area contributed by atoms with Gasteiger partial charge in [0.05, 0.1) is 17.4 Å². The lowest BCUT2D eigenvalue weighted by Crippen LogP contribution is -2.35. The quantitative estimate of drug-likeness (QED) is 0.809. The standard InChI is InChI=1S/C12H16N2O3/c15-11-3-5-14(6-4-11)8-10-2-1-9(7-13-10)12(16)17/h1-2,7,11,15H,3-6,8H2,(H,16,17). The first kappa shape index (κ1) is 12.0. The number of hydrogen-bond acceptors (Lipinski definition) is 4. The maximum absolute atomic E-state index is 10.7. The summed E-state index contributed by atoms with van der Waals surface area (Å²) in [6.07, 6.45) is 2.81. The van der Waals surface area contributed by atoms with Gasteiger partial charge in [-0.3, -0.25) is 9.88 Å². The van der Waals surface area contributed by atoms with Crippen molar-refractivity contribution in [1.82, 2.24) is 9.88 Å². The van der Waals surface area contributed by atoms with E-state index in [1.807, 2.05) is 0 Å². The molecule has 1 aromatic rings. The normalized spacial score (nSPS) is 18.2. The summed E-state index contributed by atoms with van der Waals surface area (Å²) in [5, 5.41) is 18.1. The number of likely N-dealkylation sites (tertiary alicyclic amines) is 1. The molecular weight excluding hydrogens is 220 g/mol. The predicted molar refractivity (Wildman–Crippen MR) is 61.7 cm³/mol. The van der Waals surface area contributed by atoms with Crippen molar-refractivity contribution in [2.75, 3.05) is 13.1 Å². The average Bonchev–Trinajstić information content (AvgIpc) is 2.33. The molecule has 1 saturated heterocycles. The largest absolute Gasteiger partial charge is 0.478 e. The molecule has 17 heavy (non-hydrogen) atoms. The fourth-order valence-electron chi connectivity index (χ4n) is 1.95. The highest BCUT2D eigenvalue weighted by Crippen LogP contribution is 2.12. The summed E-state index contributed by atoms with van der Waals surface area (Å²) in [5.41, 5.74) is 1.08. The lowest BCUT2D eigenvalue weighted by atomic mass is 10.1. The number of hydrogen-bond donors (Lipinski definition) is 2. The third-order valence-electron chi connectivity index (χ3n) is 3.01. The van der Waals surface area contributed by atoms with Gasteiger partial charge in [-0.05, 0) is 25.0 Å². The molecule has 0 bridgehead atoms. The Kier molecular flexibility index (Phi) is 3.71. The number of aromatic carboxylic acids is 1. The van der Waals surface area contributed by atoms with E-state index in [1.165, 1.54) is 6.20 Å². The Hall–Kier alpha value is -1.46. The molecule has 5 nitrogen and oxygen atoms in total. The van der Waals surface area contributed by atoms with Gasteiger partial charge in [-0.15, -0.1) is 0 Å². The number of rotatable bonds is 3. The van der Waals surface area contributed by atoms with Crippen LogP contribution in [0.2, 0.25) is 0 Å². The molecule has 0 radical (unpaired) electrons. The minimum Gasteiger partial charge on any atom is -0.478 e. The molecule has 2 N–H and O–H groups in total. The van der Waals surface area contributed by atoms with Gasteiger partial charge in [0.25, 0.3) is 0 Å². The highest BCUT2D eigenvalue weighted by Gasteiger charge is 2.17. The SMILES string of the molecule is O=C(O)c1ccc(CN2CCC(O)CC2)nc1. The lowest BCUT2D eigenvalue weighted by Gasteiger charge is -2.29. The van der Waals surface area contributed by atoms with Crippen LogP contribution in [-0.2, 0) is 6.54 Å². The molecule has 0 aliphatic carbocycles. The van der Waals surface area contributed by atoms with Crippen LogP contribution in [0.3, 0.4) is 0 Å². The predicted octanol–water partition coefficient (Wildman–Crippen LogP) is 0.736. The van der Waals surface area contributed by atoms with Crippen LogP contribution in [-0.4, -0.2) is 45.3 Å². The molecule has 2 rings (SSSR count). The van der Waals surface area contributed by atoms with Crippen LogP contribution in [0.1, 0.15) is 28.9 Å². The molecule has 0 amide bonds. The van der Waals surface area contributed by atoms with Gasteiger partial charge in [0.1, 0.15) is 0 Å². The summed E-state index contributed by atoms with van der Waals surface area (Å²) < 4.78 is 0. The van der Waals surface area contributed by atoms with Crippen molar-refractivity contribution in [2.24, 2.45) is 0 Å². The minimum atomic E-state index is -0.954. The van der Waals surface area contributed by atoms with Gasteiger partial charge in [0, 0.05) is 25.8 Å². The molecular formula is C12H16N2O3. The van der Waals surface area contributed by atoms with E-state index in [-0.39, 0.29) is 11.7 Å². The minimum absolute atomic E-state index is 0.173. The number of carbonyl (C=O) groups is 1. The Morgan fingerprint density at radius 2 is 2.12 bits per heavy atom. The van der Waals surface area contributed by atoms with E-state index in [2.05, 4.69) is 9.88 Å². The van der Waals surface area contributed by atoms with E-state index in [0.717, 1.165) is 31.6 Å². The van der Waals surface area contributed by atoms with Gasteiger partial charge in [0.2, 0.25) is 0 Å². The van der Waals surface area contributed by atoms with E-state index >= 15 is 0 Å². The summed E-state index contributed by atoms with van der Waals surface area (Å²) in [4.78, 5) is 17.0. The Bertz CT molecular complexity index is 383. The monoisotopic (exact) mass is 236 g/mol. The fraction of sp³-hybridized carbons (Fsp3) is 0.500. The van der Waals surface area contributed by atoms with Crippen LogP contribution < -0.4 is 0 Å². The molecule has 0 atom stereocenters. The molecule has 0 saturated carbocycles. The Balaban J connectivity index is 1.92. The zero-order chi connectivity index (χ0) is 12.3. The van der Waals surface area contributed by atoms with Crippen molar-refractivity contribution >= 4 is 5.97 Å². The number of aromatic nitrogens is 1. The summed E-state index contributed by atoms with van der Waals surface area (Å²) in [6, 6.07) is 3.32. The van der Waals surface area contributed by atoms with E-state index in [0.29, 0.717) is 6.54 Å². The first-order valence-electron chi connectivity index (χ1n) is 5.74. The fourth-order valence-corrected chi connectivity index (χ4v) is 1.95. The van der Waals surface area contributed by atoms with Gasteiger partial charge in [0.15, 0.2) is 0 Å². The molecule has 2 heterocycles. The third-order valence-corrected chi connectivity index (χ3v) is 3.01. The van der Waals surface area contributed by atoms with E-state index in [9.17, 15) is 9.90 Å². The van der Waals surface area contributed by atoms with Gasteiger partial charge in [-0.2, -0.15) is 0 Å². The van der Waals surface area contributed by atoms with Crippen LogP contribution in [0, 0.1) is 0 Å². The maximum Gasteiger partial charge on any atom is 0.337 e. The number of carboxylic acids is 1. The summed E-state index contributed by atoms with van der Waals surface area (Å²) in [5.74, 6) is -0.954. The van der Waals surface area contributed by atoms with Crippen molar-refractivity contribution in [2.45, 2.75) is 25.5 Å². The van der Waals surface area contributed by atoms with Crippen molar-refractivity contribution in [3.05, 3.63) is 29.6 Å². The van der Waals surface area contributed by atoms with Gasteiger partial charge >= 0.3 is 5.97 Å². The summed E-state index contributed by atoms with van der Waals surface area (Å²) in [7, 11) is 0. The van der Waals surface area contributed by atoms with E-state index in [4.69, 9.17) is 5.11 Å². The molecule has 1 fully saturated rings. The van der Waals surface area contributed by atoms with Crippen LogP contribution in [0.5, 0.6) is 0 Å². The van der Waals surface area contributed by atoms with Crippen LogP contribution in [0.25, 0.3) is 0 Å². The second-order valence-corrected chi connectivity index (χ2v) is 4.35. The summed E-state index contributed by atoms with van der Waals surface area (Å²) >= 11 is 0. The zero-order valence-corrected chi connectivity index (χ0v) is 9.54. The number of piperidine rings is 1. The van der Waals surface area contributed by atoms with E-state index in [1.54, 1.807) is 12.1 Å².